The number of benzene rings is 1. The van der Waals surface area contributed by atoms with Crippen molar-refractivity contribution >= 4 is 12.6 Å². The fraction of sp³-hybridized carbons (Fsp3) is 0.182. The van der Waals surface area contributed by atoms with Crippen LogP contribution >= 0.6 is 12.6 Å². The van der Waals surface area contributed by atoms with Crippen LogP contribution in [0.4, 0.5) is 0 Å². The van der Waals surface area contributed by atoms with Crippen molar-refractivity contribution < 1.29 is 4.52 Å². The summed E-state index contributed by atoms with van der Waals surface area (Å²) in [6.45, 7) is 2.09. The summed E-state index contributed by atoms with van der Waals surface area (Å²) in [6, 6.07) is 9.95. The molecule has 1 aromatic heterocycles. The molecule has 72 valence electrons. The largest absolute Gasteiger partial charge is 0.361 e. The summed E-state index contributed by atoms with van der Waals surface area (Å²) in [5, 5.41) is 3.70. The second-order valence-electron chi connectivity index (χ2n) is 3.23. The fourth-order valence-corrected chi connectivity index (χ4v) is 1.53. The molecule has 14 heavy (non-hydrogen) atoms. The Hall–Kier alpha value is -1.22. The van der Waals surface area contributed by atoms with Gasteiger partial charge in [0, 0.05) is 16.9 Å². The summed E-state index contributed by atoms with van der Waals surface area (Å²) in [7, 11) is 0. The minimum atomic E-state index is 0.242. The first-order chi connectivity index (χ1) is 6.77. The maximum atomic E-state index is 5.11. The summed E-state index contributed by atoms with van der Waals surface area (Å²) in [5.74, 6) is 1.13. The molecule has 3 heteroatoms. The number of hydrogen-bond donors (Lipinski definition) is 1. The van der Waals surface area contributed by atoms with Crippen molar-refractivity contribution in [1.29, 1.82) is 0 Å². The Morgan fingerprint density at radius 1 is 1.21 bits per heavy atom. The second-order valence-corrected chi connectivity index (χ2v) is 3.74. The van der Waals surface area contributed by atoms with Crippen molar-refractivity contribution in [3.63, 3.8) is 0 Å². The zero-order chi connectivity index (χ0) is 9.97. The first-order valence-electron chi connectivity index (χ1n) is 4.47. The average Bonchev–Trinajstić information content (AvgIpc) is 2.71. The van der Waals surface area contributed by atoms with E-state index in [-0.39, 0.29) is 5.92 Å². The highest BCUT2D eigenvalue weighted by Gasteiger charge is 2.11. The van der Waals surface area contributed by atoms with E-state index < -0.39 is 0 Å². The lowest BCUT2D eigenvalue weighted by Crippen LogP contribution is -1.93. The smallest absolute Gasteiger partial charge is 0.143 e. The molecule has 2 nitrogen and oxygen atoms in total. The fourth-order valence-electron chi connectivity index (χ4n) is 1.38. The summed E-state index contributed by atoms with van der Waals surface area (Å²) >= 11 is 4.24. The third-order valence-electron chi connectivity index (χ3n) is 2.28. The van der Waals surface area contributed by atoms with Crippen molar-refractivity contribution in [1.82, 2.24) is 5.16 Å². The SMILES string of the molecule is CC(c1ccc(S)cc1)c1ccno1. The van der Waals surface area contributed by atoms with E-state index in [1.807, 2.05) is 18.2 Å². The van der Waals surface area contributed by atoms with E-state index in [0.717, 1.165) is 10.7 Å². The molecule has 2 rings (SSSR count). The molecule has 0 saturated heterocycles. The number of hydrogen-bond acceptors (Lipinski definition) is 3. The minimum absolute atomic E-state index is 0.242. The van der Waals surface area contributed by atoms with E-state index >= 15 is 0 Å². The van der Waals surface area contributed by atoms with Gasteiger partial charge in [0.2, 0.25) is 0 Å². The van der Waals surface area contributed by atoms with E-state index in [1.54, 1.807) is 6.20 Å². The van der Waals surface area contributed by atoms with Crippen molar-refractivity contribution in [3.8, 4) is 0 Å². The Labute approximate surface area is 88.3 Å². The first-order valence-corrected chi connectivity index (χ1v) is 4.91. The molecule has 0 radical (unpaired) electrons. The molecule has 1 unspecified atom stereocenters. The third-order valence-corrected chi connectivity index (χ3v) is 2.58. The Morgan fingerprint density at radius 2 is 1.93 bits per heavy atom. The van der Waals surface area contributed by atoms with E-state index in [2.05, 4.69) is 36.8 Å². The van der Waals surface area contributed by atoms with Crippen LogP contribution in [0.25, 0.3) is 0 Å². The Balaban J connectivity index is 2.28. The van der Waals surface area contributed by atoms with Gasteiger partial charge in [0.15, 0.2) is 0 Å². The predicted octanol–water partition coefficient (Wildman–Crippen LogP) is 3.12. The molecule has 1 heterocycles. The molecule has 0 N–H and O–H groups in total. The lowest BCUT2D eigenvalue weighted by molar-refractivity contribution is 0.376. The molecule has 1 atom stereocenters. The van der Waals surface area contributed by atoms with Crippen LogP contribution in [0.15, 0.2) is 45.9 Å². The van der Waals surface area contributed by atoms with Gasteiger partial charge in [0.1, 0.15) is 5.76 Å². The van der Waals surface area contributed by atoms with E-state index in [9.17, 15) is 0 Å². The lowest BCUT2D eigenvalue weighted by Gasteiger charge is -2.07. The van der Waals surface area contributed by atoms with Crippen molar-refractivity contribution in [2.75, 3.05) is 0 Å². The van der Waals surface area contributed by atoms with Crippen LogP contribution in [-0.2, 0) is 0 Å². The number of rotatable bonds is 2. The lowest BCUT2D eigenvalue weighted by atomic mass is 9.99. The van der Waals surface area contributed by atoms with Crippen LogP contribution in [0.2, 0.25) is 0 Å². The molecule has 1 aromatic carbocycles. The molecule has 0 spiro atoms. The van der Waals surface area contributed by atoms with Gasteiger partial charge in [-0.3, -0.25) is 0 Å². The molecule has 0 saturated carbocycles. The Kier molecular flexibility index (Phi) is 2.59. The van der Waals surface area contributed by atoms with Gasteiger partial charge < -0.3 is 4.52 Å². The molecule has 2 aromatic rings. The number of aromatic nitrogens is 1. The van der Waals surface area contributed by atoms with Crippen LogP contribution in [0.1, 0.15) is 24.2 Å². The summed E-state index contributed by atoms with van der Waals surface area (Å²) in [5.41, 5.74) is 1.21. The highest BCUT2D eigenvalue weighted by atomic mass is 32.1. The molecule has 0 fully saturated rings. The maximum absolute atomic E-state index is 5.11. The number of thiol groups is 1. The standard InChI is InChI=1S/C11H11NOS/c1-8(11-6-7-12-13-11)9-2-4-10(14)5-3-9/h2-8,14H,1H3. The zero-order valence-corrected chi connectivity index (χ0v) is 8.74. The molecule has 0 aliphatic carbocycles. The quantitative estimate of drug-likeness (QED) is 0.762. The number of nitrogens with zero attached hydrogens (tertiary/aromatic N) is 1. The van der Waals surface area contributed by atoms with E-state index in [4.69, 9.17) is 4.52 Å². The molecule has 0 aliphatic rings. The van der Waals surface area contributed by atoms with Crippen molar-refractivity contribution in [2.24, 2.45) is 0 Å². The normalized spacial score (nSPS) is 12.7. The molecular formula is C11H11NOS. The second kappa shape index (κ2) is 3.88. The van der Waals surface area contributed by atoms with Gasteiger partial charge >= 0.3 is 0 Å². The zero-order valence-electron chi connectivity index (χ0n) is 7.84. The first kappa shape index (κ1) is 9.34. The van der Waals surface area contributed by atoms with Gasteiger partial charge in [-0.2, -0.15) is 0 Å². The molecular weight excluding hydrogens is 194 g/mol. The van der Waals surface area contributed by atoms with Gasteiger partial charge in [-0.1, -0.05) is 24.2 Å². The Bertz CT molecular complexity index is 394. The summed E-state index contributed by atoms with van der Waals surface area (Å²) in [4.78, 5) is 0.971. The average molecular weight is 205 g/mol. The maximum Gasteiger partial charge on any atom is 0.143 e. The highest BCUT2D eigenvalue weighted by Crippen LogP contribution is 2.24. The van der Waals surface area contributed by atoms with Crippen LogP contribution in [-0.4, -0.2) is 5.16 Å². The predicted molar refractivity (Wildman–Crippen MR) is 57.7 cm³/mol. The topological polar surface area (TPSA) is 26.0 Å². The minimum Gasteiger partial charge on any atom is -0.361 e. The van der Waals surface area contributed by atoms with Crippen LogP contribution < -0.4 is 0 Å². The molecule has 0 amide bonds. The Morgan fingerprint density at radius 3 is 2.50 bits per heavy atom. The van der Waals surface area contributed by atoms with Crippen molar-refractivity contribution in [3.05, 3.63) is 47.9 Å². The third kappa shape index (κ3) is 1.82. The van der Waals surface area contributed by atoms with Gasteiger partial charge in [0.05, 0.1) is 6.20 Å². The summed E-state index contributed by atoms with van der Waals surface area (Å²) in [6.07, 6.45) is 1.67. The van der Waals surface area contributed by atoms with Crippen molar-refractivity contribution in [2.45, 2.75) is 17.7 Å². The molecule has 0 bridgehead atoms. The monoisotopic (exact) mass is 205 g/mol. The highest BCUT2D eigenvalue weighted by molar-refractivity contribution is 7.80. The summed E-state index contributed by atoms with van der Waals surface area (Å²) < 4.78 is 5.11. The van der Waals surface area contributed by atoms with Crippen LogP contribution in [0.5, 0.6) is 0 Å². The van der Waals surface area contributed by atoms with Gasteiger partial charge in [-0.25, -0.2) is 0 Å². The molecule has 0 aliphatic heterocycles. The van der Waals surface area contributed by atoms with Gasteiger partial charge in [-0.05, 0) is 17.7 Å². The van der Waals surface area contributed by atoms with E-state index in [1.165, 1.54) is 5.56 Å². The van der Waals surface area contributed by atoms with Gasteiger partial charge in [-0.15, -0.1) is 12.6 Å². The van der Waals surface area contributed by atoms with Gasteiger partial charge in [0.25, 0.3) is 0 Å². The van der Waals surface area contributed by atoms with E-state index in [0.29, 0.717) is 0 Å². The van der Waals surface area contributed by atoms with Crippen LogP contribution in [0, 0.1) is 0 Å². The van der Waals surface area contributed by atoms with Crippen LogP contribution in [0.3, 0.4) is 0 Å².